The van der Waals surface area contributed by atoms with Gasteiger partial charge in [-0.05, 0) is 44.0 Å². The Bertz CT molecular complexity index is 926. The number of aliphatic hydroxyl groups is 2. The Labute approximate surface area is 174 Å². The summed E-state index contributed by atoms with van der Waals surface area (Å²) >= 11 is 0. The molecule has 0 unspecified atom stereocenters. The molecule has 1 fully saturated rings. The number of aromatic nitrogens is 1. The van der Waals surface area contributed by atoms with Crippen molar-refractivity contribution in [3.05, 3.63) is 65.0 Å². The topological polar surface area (TPSA) is 56.6 Å². The minimum absolute atomic E-state index is 0.342. The SMILES string of the molecule is CC(C)c1ccc([C@](O)(c2cncc(C#CC(C)(C)O)c2)C2(C)CN(C)C2)cc1. The number of likely N-dealkylation sites (tertiary alicyclic amines) is 1. The highest BCUT2D eigenvalue weighted by atomic mass is 16.3. The van der Waals surface area contributed by atoms with E-state index in [-0.39, 0.29) is 5.41 Å². The van der Waals surface area contributed by atoms with E-state index in [1.165, 1.54) is 5.56 Å². The summed E-state index contributed by atoms with van der Waals surface area (Å²) in [6.45, 7) is 11.3. The zero-order chi connectivity index (χ0) is 21.4. The molecular weight excluding hydrogens is 360 g/mol. The molecule has 1 atom stereocenters. The van der Waals surface area contributed by atoms with Crippen LogP contribution < -0.4 is 0 Å². The summed E-state index contributed by atoms with van der Waals surface area (Å²) in [6, 6.07) is 10.2. The summed E-state index contributed by atoms with van der Waals surface area (Å²) in [4.78, 5) is 6.56. The molecule has 4 nitrogen and oxygen atoms in total. The summed E-state index contributed by atoms with van der Waals surface area (Å²) in [5, 5.41) is 22.1. The van der Waals surface area contributed by atoms with Crippen LogP contribution in [0.4, 0.5) is 0 Å². The highest BCUT2D eigenvalue weighted by Crippen LogP contribution is 2.50. The molecule has 1 aromatic carbocycles. The molecule has 0 radical (unpaired) electrons. The predicted octanol–water partition coefficient (Wildman–Crippen LogP) is 3.52. The molecule has 1 aromatic heterocycles. The smallest absolute Gasteiger partial charge is 0.124 e. The summed E-state index contributed by atoms with van der Waals surface area (Å²) in [5.74, 6) is 6.25. The van der Waals surface area contributed by atoms with E-state index in [4.69, 9.17) is 0 Å². The standard InChI is InChI=1S/C25H32N2O2/c1-18(2)20-7-9-21(10-8-20)25(29,24(5)16-27(6)17-24)22-13-19(14-26-15-22)11-12-23(3,4)28/h7-10,13-15,18,28-29H,16-17H2,1-6H3/t25-/m0/s1. The minimum Gasteiger partial charge on any atom is -0.380 e. The first-order chi connectivity index (χ1) is 13.4. The molecular formula is C25H32N2O2. The Morgan fingerprint density at radius 3 is 2.21 bits per heavy atom. The first-order valence-corrected chi connectivity index (χ1v) is 10.2. The zero-order valence-corrected chi connectivity index (χ0v) is 18.3. The van der Waals surface area contributed by atoms with E-state index in [0.29, 0.717) is 11.5 Å². The second-order valence-corrected chi connectivity index (χ2v) is 9.49. The van der Waals surface area contributed by atoms with Gasteiger partial charge in [0.05, 0.1) is 0 Å². The van der Waals surface area contributed by atoms with Crippen molar-refractivity contribution >= 4 is 0 Å². The number of hydrogen-bond acceptors (Lipinski definition) is 4. The van der Waals surface area contributed by atoms with Gasteiger partial charge in [-0.15, -0.1) is 0 Å². The fourth-order valence-corrected chi connectivity index (χ4v) is 4.28. The number of rotatable bonds is 4. The van der Waals surface area contributed by atoms with Crippen molar-refractivity contribution in [3.63, 3.8) is 0 Å². The van der Waals surface area contributed by atoms with Gasteiger partial charge in [0, 0.05) is 42.0 Å². The highest BCUT2D eigenvalue weighted by Gasteiger charge is 2.55. The van der Waals surface area contributed by atoms with E-state index in [1.54, 1.807) is 26.2 Å². The van der Waals surface area contributed by atoms with Crippen LogP contribution in [-0.4, -0.2) is 45.8 Å². The molecule has 0 spiro atoms. The normalized spacial score (nSPS) is 18.5. The van der Waals surface area contributed by atoms with Gasteiger partial charge in [0.2, 0.25) is 0 Å². The Morgan fingerprint density at radius 1 is 1.07 bits per heavy atom. The average Bonchev–Trinajstić information content (AvgIpc) is 2.64. The van der Waals surface area contributed by atoms with Crippen LogP contribution in [-0.2, 0) is 5.60 Å². The van der Waals surface area contributed by atoms with Crippen LogP contribution in [0.5, 0.6) is 0 Å². The lowest BCUT2D eigenvalue weighted by atomic mass is 9.62. The van der Waals surface area contributed by atoms with Crippen LogP contribution in [0.1, 0.15) is 62.8 Å². The van der Waals surface area contributed by atoms with Gasteiger partial charge in [-0.25, -0.2) is 0 Å². The molecule has 0 aliphatic carbocycles. The first kappa shape index (κ1) is 21.5. The monoisotopic (exact) mass is 392 g/mol. The van der Waals surface area contributed by atoms with Gasteiger partial charge in [-0.2, -0.15) is 0 Å². The van der Waals surface area contributed by atoms with E-state index in [2.05, 4.69) is 61.7 Å². The van der Waals surface area contributed by atoms with Crippen molar-refractivity contribution in [2.45, 2.75) is 51.7 Å². The van der Waals surface area contributed by atoms with Gasteiger partial charge < -0.3 is 15.1 Å². The fourth-order valence-electron chi connectivity index (χ4n) is 4.28. The first-order valence-electron chi connectivity index (χ1n) is 10.2. The third kappa shape index (κ3) is 4.23. The maximum absolute atomic E-state index is 12.2. The lowest BCUT2D eigenvalue weighted by molar-refractivity contribution is -0.127. The summed E-state index contributed by atoms with van der Waals surface area (Å²) in [5.41, 5.74) is 0.911. The molecule has 1 aliphatic rings. The van der Waals surface area contributed by atoms with Crippen LogP contribution in [0.25, 0.3) is 0 Å². The van der Waals surface area contributed by atoms with Crippen molar-refractivity contribution < 1.29 is 10.2 Å². The Kier molecular flexibility index (Phi) is 5.62. The summed E-state index contributed by atoms with van der Waals surface area (Å²) in [6.07, 6.45) is 3.40. The van der Waals surface area contributed by atoms with Crippen molar-refractivity contribution in [2.75, 3.05) is 20.1 Å². The van der Waals surface area contributed by atoms with E-state index in [0.717, 1.165) is 24.2 Å². The maximum atomic E-state index is 12.2. The van der Waals surface area contributed by atoms with Crippen molar-refractivity contribution in [1.82, 2.24) is 9.88 Å². The van der Waals surface area contributed by atoms with Gasteiger partial charge in [0.1, 0.15) is 11.2 Å². The van der Waals surface area contributed by atoms with Crippen molar-refractivity contribution in [2.24, 2.45) is 5.41 Å². The van der Waals surface area contributed by atoms with Gasteiger partial charge in [0.25, 0.3) is 0 Å². The average molecular weight is 393 g/mol. The molecule has 0 bridgehead atoms. The Balaban J connectivity index is 2.11. The molecule has 2 N–H and O–H groups in total. The van der Waals surface area contributed by atoms with E-state index < -0.39 is 11.2 Å². The Morgan fingerprint density at radius 2 is 1.69 bits per heavy atom. The summed E-state index contributed by atoms with van der Waals surface area (Å²) in [7, 11) is 2.06. The Hall–Kier alpha value is -2.19. The quantitative estimate of drug-likeness (QED) is 0.782. The van der Waals surface area contributed by atoms with Crippen LogP contribution in [0.15, 0.2) is 42.7 Å². The van der Waals surface area contributed by atoms with E-state index >= 15 is 0 Å². The molecule has 2 aromatic rings. The molecule has 1 saturated heterocycles. The number of hydrogen-bond donors (Lipinski definition) is 2. The van der Waals surface area contributed by atoms with Gasteiger partial charge in [-0.1, -0.05) is 56.9 Å². The molecule has 2 heterocycles. The molecule has 154 valence electrons. The number of benzene rings is 1. The highest BCUT2D eigenvalue weighted by molar-refractivity contribution is 5.45. The largest absolute Gasteiger partial charge is 0.380 e. The van der Waals surface area contributed by atoms with Gasteiger partial charge in [-0.3, -0.25) is 4.98 Å². The van der Waals surface area contributed by atoms with Gasteiger partial charge >= 0.3 is 0 Å². The summed E-state index contributed by atoms with van der Waals surface area (Å²) < 4.78 is 0. The molecule has 4 heteroatoms. The number of nitrogens with zero attached hydrogens (tertiary/aromatic N) is 2. The third-order valence-electron chi connectivity index (χ3n) is 5.78. The van der Waals surface area contributed by atoms with Crippen LogP contribution in [0.2, 0.25) is 0 Å². The minimum atomic E-state index is -1.19. The van der Waals surface area contributed by atoms with Crippen LogP contribution in [0.3, 0.4) is 0 Å². The second kappa shape index (κ2) is 7.57. The molecule has 0 amide bonds. The number of pyridine rings is 1. The maximum Gasteiger partial charge on any atom is 0.124 e. The zero-order valence-electron chi connectivity index (χ0n) is 18.3. The predicted molar refractivity (Wildman–Crippen MR) is 117 cm³/mol. The van der Waals surface area contributed by atoms with Crippen molar-refractivity contribution in [1.29, 1.82) is 0 Å². The fraction of sp³-hybridized carbons (Fsp3) is 0.480. The van der Waals surface area contributed by atoms with Crippen LogP contribution in [0, 0.1) is 17.3 Å². The van der Waals surface area contributed by atoms with Crippen LogP contribution >= 0.6 is 0 Å². The molecule has 1 aliphatic heterocycles. The molecule has 29 heavy (non-hydrogen) atoms. The van der Waals surface area contributed by atoms with Crippen molar-refractivity contribution in [3.8, 4) is 11.8 Å². The third-order valence-corrected chi connectivity index (χ3v) is 5.78. The molecule has 3 rings (SSSR count). The van der Waals surface area contributed by atoms with E-state index in [1.807, 2.05) is 18.2 Å². The molecule has 0 saturated carbocycles. The lowest BCUT2D eigenvalue weighted by Gasteiger charge is -2.55. The second-order valence-electron chi connectivity index (χ2n) is 9.49. The van der Waals surface area contributed by atoms with E-state index in [9.17, 15) is 10.2 Å². The van der Waals surface area contributed by atoms with Gasteiger partial charge in [0.15, 0.2) is 0 Å². The lowest BCUT2D eigenvalue weighted by Crippen LogP contribution is -2.63.